The lowest BCUT2D eigenvalue weighted by molar-refractivity contribution is -0.140. The largest absolute Gasteiger partial charge is 0.469 e. The van der Waals surface area contributed by atoms with Crippen molar-refractivity contribution >= 4 is 17.7 Å². The second-order valence-electron chi connectivity index (χ2n) is 3.46. The molecule has 0 bridgehead atoms. The van der Waals surface area contributed by atoms with Crippen molar-refractivity contribution in [2.24, 2.45) is 5.92 Å². The summed E-state index contributed by atoms with van der Waals surface area (Å²) in [5.41, 5.74) is 0. The Morgan fingerprint density at radius 3 is 2.73 bits per heavy atom. The van der Waals surface area contributed by atoms with Crippen molar-refractivity contribution < 1.29 is 9.53 Å². The number of rotatable bonds is 7. The molecule has 0 aliphatic rings. The highest BCUT2D eigenvalue weighted by Gasteiger charge is 1.97. The summed E-state index contributed by atoms with van der Waals surface area (Å²) in [5, 5.41) is 0. The van der Waals surface area contributed by atoms with Crippen LogP contribution in [0, 0.1) is 5.92 Å². The summed E-state index contributed by atoms with van der Waals surface area (Å²) in [5.74, 6) is 2.23. The first-order valence-electron chi connectivity index (χ1n) is 5.14. The second kappa shape index (κ2) is 9.84. The molecule has 0 N–H and O–H groups in total. The van der Waals surface area contributed by atoms with E-state index < -0.39 is 0 Å². The maximum Gasteiger partial charge on any atom is 0.306 e. The first-order valence-corrected chi connectivity index (χ1v) is 6.30. The van der Waals surface area contributed by atoms with Crippen molar-refractivity contribution in [3.05, 3.63) is 24.3 Å². The minimum atomic E-state index is -0.133. The molecule has 86 valence electrons. The third-order valence-corrected chi connectivity index (χ3v) is 2.56. The van der Waals surface area contributed by atoms with Gasteiger partial charge in [0.25, 0.3) is 0 Å². The van der Waals surface area contributed by atoms with Crippen molar-refractivity contribution in [2.45, 2.75) is 20.3 Å². The van der Waals surface area contributed by atoms with E-state index in [0.29, 0.717) is 12.3 Å². The van der Waals surface area contributed by atoms with Crippen LogP contribution in [-0.4, -0.2) is 24.6 Å². The van der Waals surface area contributed by atoms with E-state index in [2.05, 4.69) is 36.8 Å². The normalized spacial score (nSPS) is 11.7. The summed E-state index contributed by atoms with van der Waals surface area (Å²) in [4.78, 5) is 10.8. The number of ether oxygens (including phenoxy) is 1. The average molecular weight is 228 g/mol. The van der Waals surface area contributed by atoms with Crippen LogP contribution in [-0.2, 0) is 9.53 Å². The van der Waals surface area contributed by atoms with Gasteiger partial charge in [0.05, 0.1) is 13.5 Å². The number of hydrogen-bond acceptors (Lipinski definition) is 3. The molecule has 0 heterocycles. The summed E-state index contributed by atoms with van der Waals surface area (Å²) in [6.07, 6.45) is 8.85. The molecule has 0 aromatic heterocycles. The molecular weight excluding hydrogens is 208 g/mol. The number of hydrogen-bond donors (Lipinski definition) is 0. The fourth-order valence-electron chi connectivity index (χ4n) is 0.829. The highest BCUT2D eigenvalue weighted by Crippen LogP contribution is 2.03. The second-order valence-corrected chi connectivity index (χ2v) is 4.61. The Morgan fingerprint density at radius 1 is 1.40 bits per heavy atom. The number of esters is 1. The van der Waals surface area contributed by atoms with E-state index in [1.165, 1.54) is 7.11 Å². The molecule has 0 amide bonds. The molecule has 0 spiro atoms. The van der Waals surface area contributed by atoms with Gasteiger partial charge in [0.2, 0.25) is 0 Å². The van der Waals surface area contributed by atoms with Crippen LogP contribution in [0.5, 0.6) is 0 Å². The van der Waals surface area contributed by atoms with Crippen LogP contribution in [0.2, 0.25) is 0 Å². The minimum Gasteiger partial charge on any atom is -0.469 e. The Morgan fingerprint density at radius 2 is 2.13 bits per heavy atom. The average Bonchev–Trinajstić information content (AvgIpc) is 2.21. The molecule has 0 saturated heterocycles. The molecule has 3 heteroatoms. The Balaban J connectivity index is 3.34. The van der Waals surface area contributed by atoms with Gasteiger partial charge >= 0.3 is 5.97 Å². The zero-order valence-corrected chi connectivity index (χ0v) is 10.5. The lowest BCUT2D eigenvalue weighted by Gasteiger charge is -1.96. The number of methoxy groups -OCH3 is 1. The highest BCUT2D eigenvalue weighted by atomic mass is 32.2. The van der Waals surface area contributed by atoms with Crippen molar-refractivity contribution in [1.82, 2.24) is 0 Å². The molecule has 0 atom stereocenters. The zero-order chi connectivity index (χ0) is 11.5. The van der Waals surface area contributed by atoms with Crippen molar-refractivity contribution in [2.75, 3.05) is 18.6 Å². The Hall–Kier alpha value is -0.700. The van der Waals surface area contributed by atoms with Gasteiger partial charge in [-0.3, -0.25) is 4.79 Å². The van der Waals surface area contributed by atoms with Gasteiger partial charge < -0.3 is 4.74 Å². The van der Waals surface area contributed by atoms with Crippen molar-refractivity contribution in [3.63, 3.8) is 0 Å². The molecule has 0 aromatic carbocycles. The predicted molar refractivity (Wildman–Crippen MR) is 67.1 cm³/mol. The minimum absolute atomic E-state index is 0.133. The van der Waals surface area contributed by atoms with E-state index in [-0.39, 0.29) is 5.97 Å². The fraction of sp³-hybridized carbons (Fsp3) is 0.583. The topological polar surface area (TPSA) is 26.3 Å². The van der Waals surface area contributed by atoms with Crippen LogP contribution < -0.4 is 0 Å². The summed E-state index contributed by atoms with van der Waals surface area (Å²) in [6, 6.07) is 0. The van der Waals surface area contributed by atoms with E-state index in [9.17, 15) is 4.79 Å². The molecule has 0 unspecified atom stereocenters. The zero-order valence-electron chi connectivity index (χ0n) is 9.73. The quantitative estimate of drug-likeness (QED) is 0.380. The molecule has 0 radical (unpaired) electrons. The Bertz CT molecular complexity index is 220. The van der Waals surface area contributed by atoms with E-state index in [0.717, 1.165) is 11.5 Å². The van der Waals surface area contributed by atoms with Gasteiger partial charge in [0.15, 0.2) is 0 Å². The predicted octanol–water partition coefficient (Wildman–Crippen LogP) is 3.05. The standard InChI is InChI=1S/C12H20O2S/c1-11(2)7-5-4-6-9-15-10-8-12(13)14-3/h4-7,11H,8-10H2,1-3H3/b6-4-,7-5+. The number of carbonyl (C=O) groups is 1. The lowest BCUT2D eigenvalue weighted by atomic mass is 10.2. The van der Waals surface area contributed by atoms with Gasteiger partial charge in [-0.05, 0) is 5.92 Å². The maximum absolute atomic E-state index is 10.8. The molecule has 0 aromatic rings. The lowest BCUT2D eigenvalue weighted by Crippen LogP contribution is -2.01. The Labute approximate surface area is 96.8 Å². The van der Waals surface area contributed by atoms with Crippen LogP contribution in [0.3, 0.4) is 0 Å². The first-order chi connectivity index (χ1) is 7.16. The number of carbonyl (C=O) groups excluding carboxylic acids is 1. The van der Waals surface area contributed by atoms with Crippen molar-refractivity contribution in [1.29, 1.82) is 0 Å². The monoisotopic (exact) mass is 228 g/mol. The summed E-state index contributed by atoms with van der Waals surface area (Å²) < 4.78 is 4.54. The fourth-order valence-corrected chi connectivity index (χ4v) is 1.55. The summed E-state index contributed by atoms with van der Waals surface area (Å²) >= 11 is 1.73. The van der Waals surface area contributed by atoms with Gasteiger partial charge in [-0.2, -0.15) is 11.8 Å². The molecular formula is C12H20O2S. The van der Waals surface area contributed by atoms with Gasteiger partial charge in [-0.25, -0.2) is 0 Å². The molecule has 15 heavy (non-hydrogen) atoms. The van der Waals surface area contributed by atoms with Crippen LogP contribution in [0.25, 0.3) is 0 Å². The van der Waals surface area contributed by atoms with Crippen LogP contribution in [0.15, 0.2) is 24.3 Å². The van der Waals surface area contributed by atoms with Gasteiger partial charge in [-0.1, -0.05) is 38.2 Å². The van der Waals surface area contributed by atoms with Gasteiger partial charge in [-0.15, -0.1) is 0 Å². The number of thioether (sulfide) groups is 1. The molecule has 0 fully saturated rings. The molecule has 0 rings (SSSR count). The van der Waals surface area contributed by atoms with Crippen LogP contribution in [0.4, 0.5) is 0 Å². The van der Waals surface area contributed by atoms with E-state index >= 15 is 0 Å². The van der Waals surface area contributed by atoms with Crippen LogP contribution >= 0.6 is 11.8 Å². The van der Waals surface area contributed by atoms with Crippen LogP contribution in [0.1, 0.15) is 20.3 Å². The van der Waals surface area contributed by atoms with E-state index in [1.54, 1.807) is 11.8 Å². The summed E-state index contributed by atoms with van der Waals surface area (Å²) in [6.45, 7) is 4.30. The Kier molecular flexibility index (Phi) is 9.38. The first kappa shape index (κ1) is 14.3. The SMILES string of the molecule is COC(=O)CCSC/C=C\C=C\C(C)C. The highest BCUT2D eigenvalue weighted by molar-refractivity contribution is 7.99. The molecule has 0 saturated carbocycles. The van der Waals surface area contributed by atoms with Gasteiger partial charge in [0, 0.05) is 11.5 Å². The third kappa shape index (κ3) is 11.2. The van der Waals surface area contributed by atoms with Gasteiger partial charge in [0.1, 0.15) is 0 Å². The number of allylic oxidation sites excluding steroid dienone is 3. The van der Waals surface area contributed by atoms with E-state index in [1.807, 2.05) is 6.08 Å². The van der Waals surface area contributed by atoms with E-state index in [4.69, 9.17) is 0 Å². The third-order valence-electron chi connectivity index (χ3n) is 1.64. The smallest absolute Gasteiger partial charge is 0.306 e. The molecule has 0 aliphatic carbocycles. The van der Waals surface area contributed by atoms with Crippen molar-refractivity contribution in [3.8, 4) is 0 Å². The maximum atomic E-state index is 10.8. The molecule has 0 aliphatic heterocycles. The molecule has 2 nitrogen and oxygen atoms in total. The summed E-state index contributed by atoms with van der Waals surface area (Å²) in [7, 11) is 1.42.